The van der Waals surface area contributed by atoms with Gasteiger partial charge < -0.3 is 19.7 Å². The van der Waals surface area contributed by atoms with Gasteiger partial charge in [-0.2, -0.15) is 0 Å². The van der Waals surface area contributed by atoms with E-state index in [1.165, 1.54) is 6.42 Å². The summed E-state index contributed by atoms with van der Waals surface area (Å²) in [7, 11) is 0. The Labute approximate surface area is 184 Å². The van der Waals surface area contributed by atoms with Crippen LogP contribution in [-0.2, 0) is 4.74 Å². The molecule has 152 valence electrons. The molecule has 1 aromatic rings. The van der Waals surface area contributed by atoms with Gasteiger partial charge in [0.25, 0.3) is 0 Å². The van der Waals surface area contributed by atoms with Gasteiger partial charge in [-0.1, -0.05) is 23.7 Å². The number of hydrogen-bond acceptors (Lipinski definition) is 3. The molecular formula is C20H31ClIN3O2. The fourth-order valence-electron chi connectivity index (χ4n) is 3.76. The summed E-state index contributed by atoms with van der Waals surface area (Å²) in [5, 5.41) is 4.08. The molecule has 2 fully saturated rings. The van der Waals surface area contributed by atoms with E-state index in [0.717, 1.165) is 51.6 Å². The molecule has 27 heavy (non-hydrogen) atoms. The van der Waals surface area contributed by atoms with E-state index in [1.54, 1.807) is 0 Å². The molecule has 0 saturated carbocycles. The molecule has 0 bridgehead atoms. The number of guanidine groups is 1. The Bertz CT molecular complexity index is 623. The average molecular weight is 508 g/mol. The van der Waals surface area contributed by atoms with Crippen LogP contribution in [0.25, 0.3) is 0 Å². The standard InChI is InChI=1S/C20H30ClN3O2.HI/c1-3-22-19(24-11-8-20(15-24)9-12-25-13-10-20)23-14-16(2)26-18-7-5-4-6-17(18)21;/h4-7,16H,3,8-15H2,1-2H3,(H,22,23);1H. The van der Waals surface area contributed by atoms with Crippen LogP contribution in [0.2, 0.25) is 5.02 Å². The van der Waals surface area contributed by atoms with Crippen molar-refractivity contribution in [2.75, 3.05) is 39.4 Å². The summed E-state index contributed by atoms with van der Waals surface area (Å²) in [6, 6.07) is 7.57. The molecule has 0 aromatic heterocycles. The van der Waals surface area contributed by atoms with E-state index < -0.39 is 0 Å². The van der Waals surface area contributed by atoms with Crippen LogP contribution in [-0.4, -0.2) is 56.4 Å². The summed E-state index contributed by atoms with van der Waals surface area (Å²) in [6.07, 6.45) is 3.51. The molecule has 5 nitrogen and oxygen atoms in total. The number of benzene rings is 1. The van der Waals surface area contributed by atoms with Gasteiger partial charge in [-0.25, -0.2) is 4.99 Å². The van der Waals surface area contributed by atoms with E-state index in [1.807, 2.05) is 31.2 Å². The fraction of sp³-hybridized carbons (Fsp3) is 0.650. The summed E-state index contributed by atoms with van der Waals surface area (Å²) < 4.78 is 11.5. The molecule has 0 aliphatic carbocycles. The molecule has 1 N–H and O–H groups in total. The monoisotopic (exact) mass is 507 g/mol. The van der Waals surface area contributed by atoms with Crippen LogP contribution in [0, 0.1) is 5.41 Å². The van der Waals surface area contributed by atoms with Crippen molar-refractivity contribution in [1.29, 1.82) is 0 Å². The first-order chi connectivity index (χ1) is 12.6. The Morgan fingerprint density at radius 1 is 1.33 bits per heavy atom. The van der Waals surface area contributed by atoms with Crippen LogP contribution in [0.3, 0.4) is 0 Å². The van der Waals surface area contributed by atoms with Crippen LogP contribution in [0.1, 0.15) is 33.1 Å². The second-order valence-corrected chi connectivity index (χ2v) is 7.74. The summed E-state index contributed by atoms with van der Waals surface area (Å²) in [4.78, 5) is 7.23. The predicted octanol–water partition coefficient (Wildman–Crippen LogP) is 4.19. The summed E-state index contributed by atoms with van der Waals surface area (Å²) in [6.45, 7) is 9.52. The van der Waals surface area contributed by atoms with E-state index in [2.05, 4.69) is 17.1 Å². The summed E-state index contributed by atoms with van der Waals surface area (Å²) in [5.74, 6) is 1.70. The number of halogens is 2. The molecule has 2 aliphatic heterocycles. The van der Waals surface area contributed by atoms with Crippen molar-refractivity contribution in [2.24, 2.45) is 10.4 Å². The lowest BCUT2D eigenvalue weighted by atomic mass is 9.80. The second-order valence-electron chi connectivity index (χ2n) is 7.34. The maximum absolute atomic E-state index is 6.18. The van der Waals surface area contributed by atoms with Gasteiger partial charge in [0.1, 0.15) is 11.9 Å². The minimum atomic E-state index is -0.0387. The van der Waals surface area contributed by atoms with E-state index in [0.29, 0.717) is 22.7 Å². The van der Waals surface area contributed by atoms with Crippen molar-refractivity contribution < 1.29 is 9.47 Å². The topological polar surface area (TPSA) is 46.1 Å². The number of rotatable bonds is 5. The van der Waals surface area contributed by atoms with Crippen LogP contribution < -0.4 is 10.1 Å². The largest absolute Gasteiger partial charge is 0.487 e. The Kier molecular flexibility index (Phi) is 8.95. The first kappa shape index (κ1) is 22.6. The van der Waals surface area contributed by atoms with E-state index in [4.69, 9.17) is 26.1 Å². The molecule has 7 heteroatoms. The molecule has 0 amide bonds. The average Bonchev–Trinajstić information content (AvgIpc) is 3.04. The normalized spacial score (nSPS) is 20.3. The van der Waals surface area contributed by atoms with Gasteiger partial charge in [0.15, 0.2) is 5.96 Å². The molecule has 1 atom stereocenters. The Hall–Kier alpha value is -0.730. The van der Waals surface area contributed by atoms with Crippen molar-refractivity contribution in [3.05, 3.63) is 29.3 Å². The zero-order chi connectivity index (χ0) is 18.4. The molecular weight excluding hydrogens is 477 g/mol. The Balaban J connectivity index is 0.00000261. The Morgan fingerprint density at radius 2 is 2.07 bits per heavy atom. The third kappa shape index (κ3) is 6.12. The number of nitrogens with one attached hydrogen (secondary N) is 1. The molecule has 2 heterocycles. The van der Waals surface area contributed by atoms with Crippen LogP contribution in [0.4, 0.5) is 0 Å². The van der Waals surface area contributed by atoms with E-state index in [9.17, 15) is 0 Å². The van der Waals surface area contributed by atoms with Crippen molar-refractivity contribution >= 4 is 41.5 Å². The second kappa shape index (κ2) is 10.7. The van der Waals surface area contributed by atoms with Gasteiger partial charge in [-0.3, -0.25) is 0 Å². The molecule has 1 unspecified atom stereocenters. The number of aliphatic imine (C=N–C) groups is 1. The number of hydrogen-bond donors (Lipinski definition) is 1. The molecule has 3 rings (SSSR count). The lowest BCUT2D eigenvalue weighted by Crippen LogP contribution is -2.42. The number of nitrogens with zero attached hydrogens (tertiary/aromatic N) is 2. The third-order valence-electron chi connectivity index (χ3n) is 5.29. The van der Waals surface area contributed by atoms with Gasteiger partial charge in [0, 0.05) is 32.8 Å². The third-order valence-corrected chi connectivity index (χ3v) is 5.60. The van der Waals surface area contributed by atoms with Gasteiger partial charge >= 0.3 is 0 Å². The lowest BCUT2D eigenvalue weighted by molar-refractivity contribution is 0.0217. The molecule has 2 aliphatic rings. The van der Waals surface area contributed by atoms with Crippen molar-refractivity contribution in [1.82, 2.24) is 10.2 Å². The first-order valence-corrected chi connectivity index (χ1v) is 10.0. The van der Waals surface area contributed by atoms with Crippen molar-refractivity contribution in [2.45, 2.75) is 39.2 Å². The quantitative estimate of drug-likeness (QED) is 0.369. The highest BCUT2D eigenvalue weighted by molar-refractivity contribution is 14.0. The smallest absolute Gasteiger partial charge is 0.194 e. The number of ether oxygens (including phenoxy) is 2. The fourth-order valence-corrected chi connectivity index (χ4v) is 3.94. The highest BCUT2D eigenvalue weighted by atomic mass is 127. The molecule has 0 radical (unpaired) electrons. The van der Waals surface area contributed by atoms with Crippen LogP contribution in [0.5, 0.6) is 5.75 Å². The minimum Gasteiger partial charge on any atom is -0.487 e. The highest BCUT2D eigenvalue weighted by Crippen LogP contribution is 2.39. The van der Waals surface area contributed by atoms with Crippen LogP contribution >= 0.6 is 35.6 Å². The van der Waals surface area contributed by atoms with Crippen molar-refractivity contribution in [3.63, 3.8) is 0 Å². The highest BCUT2D eigenvalue weighted by Gasteiger charge is 2.40. The van der Waals surface area contributed by atoms with Gasteiger partial charge in [0.05, 0.1) is 11.6 Å². The molecule has 2 saturated heterocycles. The Morgan fingerprint density at radius 3 is 2.78 bits per heavy atom. The summed E-state index contributed by atoms with van der Waals surface area (Å²) >= 11 is 6.18. The first-order valence-electron chi connectivity index (χ1n) is 9.64. The van der Waals surface area contributed by atoms with Gasteiger partial charge in [0.2, 0.25) is 0 Å². The predicted molar refractivity (Wildman–Crippen MR) is 122 cm³/mol. The van der Waals surface area contributed by atoms with Gasteiger partial charge in [-0.05, 0) is 50.7 Å². The number of para-hydroxylation sites is 1. The maximum atomic E-state index is 6.18. The van der Waals surface area contributed by atoms with E-state index in [-0.39, 0.29) is 30.1 Å². The minimum absolute atomic E-state index is 0. The summed E-state index contributed by atoms with van der Waals surface area (Å²) in [5.41, 5.74) is 0.411. The molecule has 1 spiro atoms. The zero-order valence-corrected chi connectivity index (χ0v) is 19.3. The number of likely N-dealkylation sites (tertiary alicyclic amines) is 1. The van der Waals surface area contributed by atoms with Crippen molar-refractivity contribution in [3.8, 4) is 5.75 Å². The van der Waals surface area contributed by atoms with E-state index >= 15 is 0 Å². The van der Waals surface area contributed by atoms with Crippen LogP contribution in [0.15, 0.2) is 29.3 Å². The lowest BCUT2D eigenvalue weighted by Gasteiger charge is -2.33. The SMILES string of the molecule is CCNC(=NCC(C)Oc1ccccc1Cl)N1CCC2(CCOCC2)C1.I. The molecule has 1 aromatic carbocycles. The van der Waals surface area contributed by atoms with Gasteiger partial charge in [-0.15, -0.1) is 24.0 Å². The maximum Gasteiger partial charge on any atom is 0.194 e. The zero-order valence-electron chi connectivity index (χ0n) is 16.2.